The lowest BCUT2D eigenvalue weighted by molar-refractivity contribution is -0.856. The van der Waals surface area contributed by atoms with Crippen LogP contribution in [0.25, 0.3) is 10.2 Å². The van der Waals surface area contributed by atoms with Crippen LogP contribution in [0.5, 0.6) is 5.75 Å². The van der Waals surface area contributed by atoms with Crippen LogP contribution in [0.3, 0.4) is 0 Å². The Hall–Kier alpha value is -2.44. The molecule has 0 aliphatic heterocycles. The Kier molecular flexibility index (Phi) is 5.77. The van der Waals surface area contributed by atoms with Gasteiger partial charge in [-0.1, -0.05) is 17.4 Å². The molecule has 1 N–H and O–H groups in total. The minimum atomic E-state index is -0.0349. The maximum Gasteiger partial charge on any atom is 0.260 e. The van der Waals surface area contributed by atoms with Crippen molar-refractivity contribution in [1.82, 2.24) is 4.98 Å². The molecule has 0 unspecified atom stereocenters. The van der Waals surface area contributed by atoms with Gasteiger partial charge >= 0.3 is 0 Å². The molecule has 3 aromatic rings. The first-order valence-corrected chi connectivity index (χ1v) is 9.83. The topological polar surface area (TPSA) is 46.9 Å². The standard InChI is InChI=1S/C21H25N3O2S/c1-14-12-15(2)19-18(13-14)27-21(22-19)24(11-10-23(3)4)20(25)16-6-8-17(26-5)9-7-16/h6-9,12-13H,10-11H2,1-5H3/p+1. The highest BCUT2D eigenvalue weighted by Crippen LogP contribution is 2.32. The summed E-state index contributed by atoms with van der Waals surface area (Å²) in [6.07, 6.45) is 0. The third-order valence-electron chi connectivity index (χ3n) is 4.47. The molecule has 1 heterocycles. The van der Waals surface area contributed by atoms with Gasteiger partial charge in [0, 0.05) is 5.56 Å². The van der Waals surface area contributed by atoms with Crippen LogP contribution in [0.15, 0.2) is 36.4 Å². The Bertz CT molecular complexity index is 948. The Morgan fingerprint density at radius 1 is 1.19 bits per heavy atom. The van der Waals surface area contributed by atoms with Gasteiger partial charge in [-0.25, -0.2) is 4.98 Å². The van der Waals surface area contributed by atoms with Crippen molar-refractivity contribution in [2.45, 2.75) is 13.8 Å². The van der Waals surface area contributed by atoms with Crippen LogP contribution >= 0.6 is 11.3 Å². The summed E-state index contributed by atoms with van der Waals surface area (Å²) < 4.78 is 6.32. The molecule has 6 heteroatoms. The second-order valence-electron chi connectivity index (χ2n) is 7.07. The number of hydrogen-bond donors (Lipinski definition) is 1. The van der Waals surface area contributed by atoms with Crippen molar-refractivity contribution >= 4 is 32.6 Å². The fourth-order valence-corrected chi connectivity index (χ4v) is 4.15. The number of benzene rings is 2. The highest BCUT2D eigenvalue weighted by Gasteiger charge is 2.22. The van der Waals surface area contributed by atoms with Crippen molar-refractivity contribution in [2.24, 2.45) is 0 Å². The average molecular weight is 385 g/mol. The van der Waals surface area contributed by atoms with Gasteiger partial charge in [0.25, 0.3) is 5.91 Å². The van der Waals surface area contributed by atoms with Crippen molar-refractivity contribution in [2.75, 3.05) is 39.2 Å². The Balaban J connectivity index is 1.99. The summed E-state index contributed by atoms with van der Waals surface area (Å²) in [7, 11) is 5.79. The van der Waals surface area contributed by atoms with E-state index in [9.17, 15) is 4.79 Å². The molecule has 142 valence electrons. The van der Waals surface area contributed by atoms with Gasteiger partial charge in [0.15, 0.2) is 5.13 Å². The van der Waals surface area contributed by atoms with Gasteiger partial charge in [0.05, 0.1) is 44.5 Å². The number of aromatic nitrogens is 1. The maximum absolute atomic E-state index is 13.2. The molecule has 27 heavy (non-hydrogen) atoms. The molecule has 1 amide bonds. The smallest absolute Gasteiger partial charge is 0.260 e. The second kappa shape index (κ2) is 8.06. The third-order valence-corrected chi connectivity index (χ3v) is 5.49. The zero-order valence-electron chi connectivity index (χ0n) is 16.5. The van der Waals surface area contributed by atoms with Crippen molar-refractivity contribution in [1.29, 1.82) is 0 Å². The highest BCUT2D eigenvalue weighted by atomic mass is 32.1. The Morgan fingerprint density at radius 3 is 2.52 bits per heavy atom. The molecule has 2 aromatic carbocycles. The van der Waals surface area contributed by atoms with Gasteiger partial charge in [-0.05, 0) is 55.3 Å². The Labute approximate surface area is 164 Å². The zero-order valence-corrected chi connectivity index (χ0v) is 17.3. The van der Waals surface area contributed by atoms with Crippen molar-refractivity contribution in [3.63, 3.8) is 0 Å². The molecule has 0 aliphatic carbocycles. The molecule has 0 aliphatic rings. The van der Waals surface area contributed by atoms with Crippen molar-refractivity contribution < 1.29 is 14.4 Å². The van der Waals surface area contributed by atoms with Gasteiger partial charge in [0.1, 0.15) is 5.75 Å². The molecule has 0 saturated heterocycles. The zero-order chi connectivity index (χ0) is 19.6. The molecule has 0 saturated carbocycles. The molecule has 5 nitrogen and oxygen atoms in total. The number of fused-ring (bicyclic) bond motifs is 1. The fourth-order valence-electron chi connectivity index (χ4n) is 2.98. The normalized spacial score (nSPS) is 11.2. The minimum absolute atomic E-state index is 0.0349. The molecule has 0 radical (unpaired) electrons. The predicted molar refractivity (Wildman–Crippen MR) is 111 cm³/mol. The van der Waals surface area contributed by atoms with Gasteiger partial charge in [-0.2, -0.15) is 0 Å². The van der Waals surface area contributed by atoms with Gasteiger partial charge in [-0.3, -0.25) is 9.69 Å². The number of quaternary nitrogens is 1. The maximum atomic E-state index is 13.2. The van der Waals surface area contributed by atoms with Gasteiger partial charge in [0.2, 0.25) is 0 Å². The quantitative estimate of drug-likeness (QED) is 0.711. The summed E-state index contributed by atoms with van der Waals surface area (Å²) >= 11 is 1.58. The van der Waals surface area contributed by atoms with E-state index < -0.39 is 0 Å². The minimum Gasteiger partial charge on any atom is -0.497 e. The van der Waals surface area contributed by atoms with Crippen LogP contribution in [0.2, 0.25) is 0 Å². The van der Waals surface area contributed by atoms with Crippen molar-refractivity contribution in [3.05, 3.63) is 53.1 Å². The summed E-state index contributed by atoms with van der Waals surface area (Å²) in [6.45, 7) is 5.61. The van der Waals surface area contributed by atoms with Crippen molar-refractivity contribution in [3.8, 4) is 5.75 Å². The summed E-state index contributed by atoms with van der Waals surface area (Å²) in [5.74, 6) is 0.703. The lowest BCUT2D eigenvalue weighted by Gasteiger charge is -2.20. The summed E-state index contributed by atoms with van der Waals surface area (Å²) in [6, 6.07) is 11.5. The third kappa shape index (κ3) is 4.28. The molecule has 0 atom stereocenters. The number of amides is 1. The largest absolute Gasteiger partial charge is 0.497 e. The molecular weight excluding hydrogens is 358 g/mol. The second-order valence-corrected chi connectivity index (χ2v) is 8.08. The van der Waals surface area contributed by atoms with Crippen LogP contribution in [0, 0.1) is 13.8 Å². The van der Waals surface area contributed by atoms with E-state index in [2.05, 4.69) is 40.1 Å². The number of aryl methyl sites for hydroxylation is 2. The van der Waals surface area contributed by atoms with E-state index in [0.717, 1.165) is 33.2 Å². The van der Waals surface area contributed by atoms with E-state index in [-0.39, 0.29) is 5.91 Å². The van der Waals surface area contributed by atoms with E-state index in [0.29, 0.717) is 12.1 Å². The number of nitrogens with one attached hydrogen (secondary N) is 1. The Morgan fingerprint density at radius 2 is 1.89 bits per heavy atom. The van der Waals surface area contributed by atoms with Crippen LogP contribution in [-0.2, 0) is 0 Å². The number of likely N-dealkylation sites (N-methyl/N-ethyl adjacent to an activating group) is 1. The number of carbonyl (C=O) groups is 1. The molecule has 0 fully saturated rings. The number of hydrogen-bond acceptors (Lipinski definition) is 4. The molecule has 0 spiro atoms. The summed E-state index contributed by atoms with van der Waals surface area (Å²) in [5, 5.41) is 0.751. The number of methoxy groups -OCH3 is 1. The van der Waals surface area contributed by atoms with Gasteiger partial charge in [-0.15, -0.1) is 0 Å². The van der Waals surface area contributed by atoms with E-state index in [1.807, 2.05) is 12.1 Å². The molecular formula is C21H26N3O2S+. The molecule has 0 bridgehead atoms. The number of rotatable bonds is 6. The molecule has 1 aromatic heterocycles. The average Bonchev–Trinajstić information content (AvgIpc) is 3.05. The number of anilines is 1. The number of carbonyl (C=O) groups excluding carboxylic acids is 1. The SMILES string of the molecule is COc1ccc(C(=O)N(CC[NH+](C)C)c2nc3c(C)cc(C)cc3s2)cc1. The lowest BCUT2D eigenvalue weighted by Crippen LogP contribution is -3.06. The number of ether oxygens (including phenoxy) is 1. The first kappa shape index (κ1) is 19.3. The van der Waals surface area contributed by atoms with Crippen LogP contribution < -0.4 is 14.5 Å². The predicted octanol–water partition coefficient (Wildman–Crippen LogP) is 2.71. The fraction of sp³-hybridized carbons (Fsp3) is 0.333. The van der Waals surface area contributed by atoms with Gasteiger partial charge < -0.3 is 9.64 Å². The first-order valence-electron chi connectivity index (χ1n) is 9.02. The summed E-state index contributed by atoms with van der Waals surface area (Å²) in [4.78, 5) is 21.1. The lowest BCUT2D eigenvalue weighted by atomic mass is 10.1. The van der Waals surface area contributed by atoms with E-state index in [1.54, 1.807) is 35.5 Å². The van der Waals surface area contributed by atoms with E-state index >= 15 is 0 Å². The summed E-state index contributed by atoms with van der Waals surface area (Å²) in [5.41, 5.74) is 3.96. The first-order chi connectivity index (χ1) is 12.9. The van der Waals surface area contributed by atoms with Crippen LogP contribution in [-0.4, -0.2) is 45.2 Å². The van der Waals surface area contributed by atoms with E-state index in [1.165, 1.54) is 10.5 Å². The monoisotopic (exact) mass is 384 g/mol. The van der Waals surface area contributed by atoms with Crippen LogP contribution in [0.4, 0.5) is 5.13 Å². The number of nitrogens with zero attached hydrogens (tertiary/aromatic N) is 2. The van der Waals surface area contributed by atoms with Crippen LogP contribution in [0.1, 0.15) is 21.5 Å². The highest BCUT2D eigenvalue weighted by molar-refractivity contribution is 7.22. The molecule has 3 rings (SSSR count). The number of thiazole rings is 1. The van der Waals surface area contributed by atoms with E-state index in [4.69, 9.17) is 9.72 Å².